The van der Waals surface area contributed by atoms with Crippen LogP contribution < -0.4 is 20.1 Å². The molecule has 1 aromatic heterocycles. The van der Waals surface area contributed by atoms with Gasteiger partial charge in [0.2, 0.25) is 5.88 Å². The molecular formula is C31H39F4N5O4. The van der Waals surface area contributed by atoms with Gasteiger partial charge < -0.3 is 19.5 Å². The predicted molar refractivity (Wildman–Crippen MR) is 158 cm³/mol. The molecule has 1 aliphatic heterocycles. The number of amides is 2. The number of hydrogen-bond acceptors (Lipinski definition) is 6. The Bertz CT molecular complexity index is 1410. The van der Waals surface area contributed by atoms with Crippen molar-refractivity contribution in [1.82, 2.24) is 20.0 Å². The van der Waals surface area contributed by atoms with Gasteiger partial charge in [0.25, 0.3) is 0 Å². The lowest BCUT2D eigenvalue weighted by molar-refractivity contribution is -0.274. The van der Waals surface area contributed by atoms with Crippen molar-refractivity contribution in [2.45, 2.75) is 65.3 Å². The first-order chi connectivity index (χ1) is 20.7. The summed E-state index contributed by atoms with van der Waals surface area (Å²) in [6.07, 6.45) is -5.33. The first kappa shape index (κ1) is 33.1. The van der Waals surface area contributed by atoms with Crippen LogP contribution in [0.5, 0.6) is 11.6 Å². The summed E-state index contributed by atoms with van der Waals surface area (Å²) in [5.41, 5.74) is 1.74. The molecule has 2 amide bonds. The molecular weight excluding hydrogens is 582 g/mol. The molecule has 240 valence electrons. The summed E-state index contributed by atoms with van der Waals surface area (Å²) < 4.78 is 70.8. The SMILES string of the molecule is COCc1ccc(OC(F)(F)F)c(CNC(=O)Nc2c(C)c(OC[C@@H]3CCN(C(C)(C)C)C[C@H]3F)nn2-c2ccccc2)c1. The van der Waals surface area contributed by atoms with Crippen LogP contribution in [0.2, 0.25) is 0 Å². The second-order valence-electron chi connectivity index (χ2n) is 11.7. The van der Waals surface area contributed by atoms with Gasteiger partial charge >= 0.3 is 12.4 Å². The number of aromatic nitrogens is 2. The van der Waals surface area contributed by atoms with Crippen LogP contribution in [0.4, 0.5) is 28.2 Å². The van der Waals surface area contributed by atoms with E-state index >= 15 is 4.39 Å². The van der Waals surface area contributed by atoms with Gasteiger partial charge in [-0.1, -0.05) is 24.3 Å². The Morgan fingerprint density at radius 2 is 1.84 bits per heavy atom. The Labute approximate surface area is 254 Å². The molecule has 1 aliphatic rings. The highest BCUT2D eigenvalue weighted by Crippen LogP contribution is 2.32. The molecule has 0 aliphatic carbocycles. The maximum Gasteiger partial charge on any atom is 0.573 e. The summed E-state index contributed by atoms with van der Waals surface area (Å²) in [4.78, 5) is 15.2. The number of piperidine rings is 1. The molecule has 0 bridgehead atoms. The van der Waals surface area contributed by atoms with Crippen LogP contribution in [0.1, 0.15) is 43.9 Å². The van der Waals surface area contributed by atoms with Gasteiger partial charge in [-0.15, -0.1) is 18.3 Å². The fourth-order valence-corrected chi connectivity index (χ4v) is 5.03. The van der Waals surface area contributed by atoms with Crippen molar-refractivity contribution in [3.05, 3.63) is 65.2 Å². The van der Waals surface area contributed by atoms with E-state index in [1.54, 1.807) is 19.1 Å². The average molecular weight is 622 g/mol. The molecule has 2 atom stereocenters. The summed E-state index contributed by atoms with van der Waals surface area (Å²) in [5, 5.41) is 9.90. The fraction of sp³-hybridized carbons (Fsp3) is 0.484. The lowest BCUT2D eigenvalue weighted by Gasteiger charge is -2.42. The number of ether oxygens (including phenoxy) is 3. The second kappa shape index (κ2) is 13.9. The maximum atomic E-state index is 15.1. The van der Waals surface area contributed by atoms with E-state index in [2.05, 4.69) is 46.1 Å². The Hall–Kier alpha value is -3.84. The second-order valence-corrected chi connectivity index (χ2v) is 11.7. The van der Waals surface area contributed by atoms with Crippen molar-refractivity contribution in [2.75, 3.05) is 32.1 Å². The zero-order valence-corrected chi connectivity index (χ0v) is 25.5. The van der Waals surface area contributed by atoms with E-state index in [0.717, 1.165) is 6.54 Å². The zero-order chi connectivity index (χ0) is 32.1. The zero-order valence-electron chi connectivity index (χ0n) is 25.5. The van der Waals surface area contributed by atoms with E-state index in [-0.39, 0.29) is 42.7 Å². The number of rotatable bonds is 10. The molecule has 9 nitrogen and oxygen atoms in total. The van der Waals surface area contributed by atoms with Gasteiger partial charge in [-0.2, -0.15) is 0 Å². The summed E-state index contributed by atoms with van der Waals surface area (Å²) in [6.45, 7) is 9.02. The largest absolute Gasteiger partial charge is 0.573 e. The Morgan fingerprint density at radius 3 is 2.48 bits per heavy atom. The molecule has 0 spiro atoms. The number of nitrogens with one attached hydrogen (secondary N) is 2. The molecule has 1 fully saturated rings. The average Bonchev–Trinajstić information content (AvgIpc) is 3.26. The van der Waals surface area contributed by atoms with Crippen molar-refractivity contribution in [3.8, 4) is 17.3 Å². The Balaban J connectivity index is 1.49. The van der Waals surface area contributed by atoms with Gasteiger partial charge in [-0.3, -0.25) is 10.2 Å². The number of methoxy groups -OCH3 is 1. The lowest BCUT2D eigenvalue weighted by atomic mass is 9.92. The van der Waals surface area contributed by atoms with Gasteiger partial charge in [-0.25, -0.2) is 13.9 Å². The predicted octanol–water partition coefficient (Wildman–Crippen LogP) is 6.38. The summed E-state index contributed by atoms with van der Waals surface area (Å²) in [6, 6.07) is 12.5. The molecule has 44 heavy (non-hydrogen) atoms. The minimum absolute atomic E-state index is 0.114. The molecule has 0 radical (unpaired) electrons. The van der Waals surface area contributed by atoms with E-state index in [1.165, 1.54) is 30.0 Å². The first-order valence-corrected chi connectivity index (χ1v) is 14.3. The molecule has 2 N–H and O–H groups in total. The topological polar surface area (TPSA) is 89.9 Å². The molecule has 0 unspecified atom stereocenters. The number of likely N-dealkylation sites (tertiary alicyclic amines) is 1. The normalized spacial score (nSPS) is 17.8. The number of para-hydroxylation sites is 1. The highest BCUT2D eigenvalue weighted by molar-refractivity contribution is 5.89. The van der Waals surface area contributed by atoms with Gasteiger partial charge in [0.05, 0.1) is 24.5 Å². The number of anilines is 1. The first-order valence-electron chi connectivity index (χ1n) is 14.3. The van der Waals surface area contributed by atoms with Crippen LogP contribution in [-0.4, -0.2) is 65.6 Å². The molecule has 1 saturated heterocycles. The standard InChI is InChI=1S/C31H39F4N5O4/c1-20-27(37-29(41)36-16-23-15-21(18-42-5)11-12-26(23)44-31(33,34)35)40(24-9-7-6-8-10-24)38-28(20)43-19-22-13-14-39(17-25(22)32)30(2,3)4/h6-12,15,22,25H,13-14,16-19H2,1-5H3,(H2,36,37,41)/t22-,25+/m0/s1. The molecule has 2 aromatic carbocycles. The summed E-state index contributed by atoms with van der Waals surface area (Å²) in [7, 11) is 1.47. The fourth-order valence-electron chi connectivity index (χ4n) is 5.03. The van der Waals surface area contributed by atoms with E-state index in [9.17, 15) is 18.0 Å². The van der Waals surface area contributed by atoms with Crippen molar-refractivity contribution in [1.29, 1.82) is 0 Å². The highest BCUT2D eigenvalue weighted by Gasteiger charge is 2.35. The van der Waals surface area contributed by atoms with Crippen molar-refractivity contribution in [3.63, 3.8) is 0 Å². The quantitative estimate of drug-likeness (QED) is 0.255. The number of halogens is 4. The van der Waals surface area contributed by atoms with Gasteiger partial charge in [0, 0.05) is 37.2 Å². The Morgan fingerprint density at radius 1 is 1.11 bits per heavy atom. The van der Waals surface area contributed by atoms with E-state index in [1.807, 2.05) is 18.2 Å². The van der Waals surface area contributed by atoms with Crippen LogP contribution in [0.15, 0.2) is 48.5 Å². The molecule has 13 heteroatoms. The van der Waals surface area contributed by atoms with E-state index < -0.39 is 24.3 Å². The number of alkyl halides is 4. The van der Waals surface area contributed by atoms with Crippen LogP contribution in [0.3, 0.4) is 0 Å². The van der Waals surface area contributed by atoms with Crippen molar-refractivity contribution >= 4 is 11.8 Å². The van der Waals surface area contributed by atoms with Crippen LogP contribution >= 0.6 is 0 Å². The van der Waals surface area contributed by atoms with Crippen LogP contribution in [-0.2, 0) is 17.9 Å². The third kappa shape index (κ3) is 8.63. The third-order valence-corrected chi connectivity index (χ3v) is 7.47. The van der Waals surface area contributed by atoms with Crippen LogP contribution in [0.25, 0.3) is 5.69 Å². The smallest absolute Gasteiger partial charge is 0.476 e. The summed E-state index contributed by atoms with van der Waals surface area (Å²) >= 11 is 0. The highest BCUT2D eigenvalue weighted by atomic mass is 19.4. The number of benzene rings is 2. The number of carbonyl (C=O) groups is 1. The number of hydrogen-bond donors (Lipinski definition) is 2. The molecule has 3 aromatic rings. The van der Waals surface area contributed by atoms with E-state index in [4.69, 9.17) is 9.47 Å². The summed E-state index contributed by atoms with van der Waals surface area (Å²) in [5.74, 6) is -0.208. The number of nitrogens with zero attached hydrogens (tertiary/aromatic N) is 3. The van der Waals surface area contributed by atoms with Crippen LogP contribution in [0, 0.1) is 12.8 Å². The number of carbonyl (C=O) groups excluding carboxylic acids is 1. The van der Waals surface area contributed by atoms with Gasteiger partial charge in [0.15, 0.2) is 0 Å². The van der Waals surface area contributed by atoms with E-state index in [0.29, 0.717) is 35.6 Å². The molecule has 2 heterocycles. The Kier molecular flexibility index (Phi) is 10.4. The lowest BCUT2D eigenvalue weighted by Crippen LogP contribution is -2.51. The third-order valence-electron chi connectivity index (χ3n) is 7.47. The van der Waals surface area contributed by atoms with Crippen molar-refractivity contribution < 1.29 is 36.6 Å². The molecule has 0 saturated carbocycles. The minimum atomic E-state index is -4.90. The minimum Gasteiger partial charge on any atom is -0.476 e. The van der Waals surface area contributed by atoms with Crippen molar-refractivity contribution in [2.24, 2.45) is 5.92 Å². The molecule has 4 rings (SSSR count). The number of urea groups is 1. The monoisotopic (exact) mass is 621 g/mol. The van der Waals surface area contributed by atoms with Gasteiger partial charge in [0.1, 0.15) is 17.7 Å². The van der Waals surface area contributed by atoms with Gasteiger partial charge in [-0.05, 0) is 70.5 Å². The maximum absolute atomic E-state index is 15.1.